The standard InChI is InChI=1S/C13H11ClFNO/c1-8-2-3-11(15)10(6-8)13(17)9-4-5-16-12(14)7-9/h2-7,13,17H,1H3. The summed E-state index contributed by atoms with van der Waals surface area (Å²) in [5, 5.41) is 10.4. The van der Waals surface area contributed by atoms with E-state index in [1.54, 1.807) is 18.2 Å². The second-order valence-corrected chi connectivity index (χ2v) is 4.23. The fourth-order valence-electron chi connectivity index (χ4n) is 1.64. The summed E-state index contributed by atoms with van der Waals surface area (Å²) in [6, 6.07) is 7.75. The zero-order valence-electron chi connectivity index (χ0n) is 9.19. The molecule has 0 spiro atoms. The van der Waals surface area contributed by atoms with Crippen LogP contribution in [0.2, 0.25) is 5.15 Å². The highest BCUT2D eigenvalue weighted by Gasteiger charge is 2.15. The number of nitrogens with zero attached hydrogens (tertiary/aromatic N) is 1. The summed E-state index contributed by atoms with van der Waals surface area (Å²) in [7, 11) is 0. The van der Waals surface area contributed by atoms with Gasteiger partial charge in [0, 0.05) is 11.8 Å². The quantitative estimate of drug-likeness (QED) is 0.831. The first-order chi connectivity index (χ1) is 8.08. The summed E-state index contributed by atoms with van der Waals surface area (Å²) in [6.45, 7) is 1.84. The average Bonchev–Trinajstić information content (AvgIpc) is 2.31. The summed E-state index contributed by atoms with van der Waals surface area (Å²) in [5.41, 5.74) is 1.65. The summed E-state index contributed by atoms with van der Waals surface area (Å²) in [4.78, 5) is 3.82. The predicted molar refractivity (Wildman–Crippen MR) is 64.4 cm³/mol. The maximum atomic E-state index is 13.6. The van der Waals surface area contributed by atoms with Crippen molar-refractivity contribution in [3.05, 3.63) is 64.2 Å². The van der Waals surface area contributed by atoms with Crippen LogP contribution in [0, 0.1) is 12.7 Å². The summed E-state index contributed by atoms with van der Waals surface area (Å²) in [5.74, 6) is -0.434. The number of aliphatic hydroxyl groups excluding tert-OH is 1. The molecule has 0 aliphatic heterocycles. The summed E-state index contributed by atoms with van der Waals surface area (Å²) >= 11 is 5.73. The minimum atomic E-state index is -1.03. The van der Waals surface area contributed by atoms with Crippen molar-refractivity contribution in [2.24, 2.45) is 0 Å². The van der Waals surface area contributed by atoms with Crippen molar-refractivity contribution in [2.45, 2.75) is 13.0 Å². The third kappa shape index (κ3) is 2.62. The van der Waals surface area contributed by atoms with Gasteiger partial charge in [-0.25, -0.2) is 9.37 Å². The van der Waals surface area contributed by atoms with Gasteiger partial charge in [-0.3, -0.25) is 0 Å². The molecular weight excluding hydrogens is 241 g/mol. The van der Waals surface area contributed by atoms with Crippen LogP contribution < -0.4 is 0 Å². The fraction of sp³-hybridized carbons (Fsp3) is 0.154. The monoisotopic (exact) mass is 251 g/mol. The highest BCUT2D eigenvalue weighted by molar-refractivity contribution is 6.29. The number of hydrogen-bond donors (Lipinski definition) is 1. The number of hydrogen-bond acceptors (Lipinski definition) is 2. The Morgan fingerprint density at radius 1 is 1.29 bits per heavy atom. The number of aromatic nitrogens is 1. The first-order valence-corrected chi connectivity index (χ1v) is 5.51. The molecule has 0 saturated heterocycles. The van der Waals surface area contributed by atoms with Crippen molar-refractivity contribution in [2.75, 3.05) is 0 Å². The molecule has 0 saturated carbocycles. The fourth-order valence-corrected chi connectivity index (χ4v) is 1.82. The van der Waals surface area contributed by atoms with Crippen LogP contribution in [-0.4, -0.2) is 10.1 Å². The number of aryl methyl sites for hydroxylation is 1. The van der Waals surface area contributed by atoms with E-state index >= 15 is 0 Å². The lowest BCUT2D eigenvalue weighted by Crippen LogP contribution is -2.03. The van der Waals surface area contributed by atoms with E-state index in [0.717, 1.165) is 5.56 Å². The molecule has 1 heterocycles. The lowest BCUT2D eigenvalue weighted by atomic mass is 10.0. The van der Waals surface area contributed by atoms with E-state index in [2.05, 4.69) is 4.98 Å². The van der Waals surface area contributed by atoms with Crippen LogP contribution in [0.3, 0.4) is 0 Å². The Kier molecular flexibility index (Phi) is 3.41. The van der Waals surface area contributed by atoms with Crippen LogP contribution >= 0.6 is 11.6 Å². The zero-order valence-corrected chi connectivity index (χ0v) is 9.95. The van der Waals surface area contributed by atoms with Crippen molar-refractivity contribution in [1.82, 2.24) is 4.98 Å². The largest absolute Gasteiger partial charge is 0.384 e. The molecule has 2 nitrogen and oxygen atoms in total. The molecule has 17 heavy (non-hydrogen) atoms. The SMILES string of the molecule is Cc1ccc(F)c(C(O)c2ccnc(Cl)c2)c1. The van der Waals surface area contributed by atoms with Crippen LogP contribution in [0.5, 0.6) is 0 Å². The molecule has 1 aromatic heterocycles. The molecule has 1 unspecified atom stereocenters. The van der Waals surface area contributed by atoms with Crippen LogP contribution in [0.1, 0.15) is 22.8 Å². The predicted octanol–water partition coefficient (Wildman–Crippen LogP) is 3.26. The summed E-state index contributed by atoms with van der Waals surface area (Å²) < 4.78 is 13.6. The Bertz CT molecular complexity index is 545. The Morgan fingerprint density at radius 3 is 2.76 bits per heavy atom. The molecule has 1 aromatic carbocycles. The number of halogens is 2. The van der Waals surface area contributed by atoms with Crippen molar-refractivity contribution in [1.29, 1.82) is 0 Å². The van der Waals surface area contributed by atoms with Crippen molar-refractivity contribution in [3.63, 3.8) is 0 Å². The molecule has 1 atom stereocenters. The van der Waals surface area contributed by atoms with E-state index in [9.17, 15) is 9.50 Å². The normalized spacial score (nSPS) is 12.5. The molecule has 4 heteroatoms. The van der Waals surface area contributed by atoms with Gasteiger partial charge in [-0.05, 0) is 30.7 Å². The van der Waals surface area contributed by atoms with E-state index in [4.69, 9.17) is 11.6 Å². The van der Waals surface area contributed by atoms with Gasteiger partial charge >= 0.3 is 0 Å². The Morgan fingerprint density at radius 2 is 2.06 bits per heavy atom. The van der Waals surface area contributed by atoms with Gasteiger partial charge in [-0.2, -0.15) is 0 Å². The van der Waals surface area contributed by atoms with E-state index in [0.29, 0.717) is 5.56 Å². The van der Waals surface area contributed by atoms with Crippen molar-refractivity contribution >= 4 is 11.6 Å². The molecule has 88 valence electrons. The Labute approximate surface area is 104 Å². The Balaban J connectivity index is 2.43. The van der Waals surface area contributed by atoms with E-state index < -0.39 is 11.9 Å². The number of rotatable bonds is 2. The minimum absolute atomic E-state index is 0.243. The highest BCUT2D eigenvalue weighted by Crippen LogP contribution is 2.26. The molecule has 0 fully saturated rings. The second-order valence-electron chi connectivity index (χ2n) is 3.84. The van der Waals surface area contributed by atoms with Gasteiger partial charge in [0.05, 0.1) is 0 Å². The number of aliphatic hydroxyl groups is 1. The number of pyridine rings is 1. The van der Waals surface area contributed by atoms with Crippen LogP contribution in [-0.2, 0) is 0 Å². The summed E-state index contributed by atoms with van der Waals surface area (Å²) in [6.07, 6.45) is 0.449. The third-order valence-electron chi connectivity index (χ3n) is 2.51. The molecule has 1 N–H and O–H groups in total. The van der Waals surface area contributed by atoms with Crippen LogP contribution in [0.4, 0.5) is 4.39 Å². The first kappa shape index (κ1) is 12.0. The van der Waals surface area contributed by atoms with Crippen LogP contribution in [0.25, 0.3) is 0 Å². The lowest BCUT2D eigenvalue weighted by Gasteiger charge is -2.13. The molecule has 2 aromatic rings. The lowest BCUT2D eigenvalue weighted by molar-refractivity contribution is 0.215. The van der Waals surface area contributed by atoms with Crippen molar-refractivity contribution < 1.29 is 9.50 Å². The topological polar surface area (TPSA) is 33.1 Å². The van der Waals surface area contributed by atoms with Gasteiger partial charge in [0.15, 0.2) is 0 Å². The maximum absolute atomic E-state index is 13.6. The zero-order chi connectivity index (χ0) is 12.4. The van der Waals surface area contributed by atoms with Gasteiger partial charge in [0.25, 0.3) is 0 Å². The second kappa shape index (κ2) is 4.82. The van der Waals surface area contributed by atoms with E-state index in [1.807, 2.05) is 6.92 Å². The first-order valence-electron chi connectivity index (χ1n) is 5.13. The molecule has 0 amide bonds. The third-order valence-corrected chi connectivity index (χ3v) is 2.72. The van der Waals surface area contributed by atoms with Crippen molar-refractivity contribution in [3.8, 4) is 0 Å². The molecule has 0 aliphatic rings. The minimum Gasteiger partial charge on any atom is -0.384 e. The molecule has 0 radical (unpaired) electrons. The molecular formula is C13H11ClFNO. The number of benzene rings is 1. The van der Waals surface area contributed by atoms with Gasteiger partial charge in [-0.1, -0.05) is 29.3 Å². The molecule has 2 rings (SSSR count). The maximum Gasteiger partial charge on any atom is 0.129 e. The van der Waals surface area contributed by atoms with Gasteiger partial charge in [0.1, 0.15) is 17.1 Å². The molecule has 0 aliphatic carbocycles. The highest BCUT2D eigenvalue weighted by atomic mass is 35.5. The van der Waals surface area contributed by atoms with E-state index in [-0.39, 0.29) is 10.7 Å². The van der Waals surface area contributed by atoms with Gasteiger partial charge in [-0.15, -0.1) is 0 Å². The van der Waals surface area contributed by atoms with Gasteiger partial charge < -0.3 is 5.11 Å². The van der Waals surface area contributed by atoms with Crippen LogP contribution in [0.15, 0.2) is 36.5 Å². The van der Waals surface area contributed by atoms with Gasteiger partial charge in [0.2, 0.25) is 0 Å². The average molecular weight is 252 g/mol. The Hall–Kier alpha value is -1.45. The smallest absolute Gasteiger partial charge is 0.129 e. The molecule has 0 bridgehead atoms. The van der Waals surface area contributed by atoms with E-state index in [1.165, 1.54) is 18.3 Å².